The van der Waals surface area contributed by atoms with Gasteiger partial charge in [-0.25, -0.2) is 4.98 Å². The summed E-state index contributed by atoms with van der Waals surface area (Å²) in [6, 6.07) is 7.32. The third-order valence-corrected chi connectivity index (χ3v) is 4.09. The lowest BCUT2D eigenvalue weighted by Crippen LogP contribution is -2.36. The fourth-order valence-electron chi connectivity index (χ4n) is 1.50. The number of para-hydroxylation sites is 1. The molecule has 0 fully saturated rings. The second-order valence-corrected chi connectivity index (χ2v) is 5.88. The van der Waals surface area contributed by atoms with Crippen LogP contribution in [0, 0.1) is 0 Å². The van der Waals surface area contributed by atoms with Crippen molar-refractivity contribution in [2.75, 3.05) is 17.3 Å². The molecule has 1 aromatic heterocycles. The highest BCUT2D eigenvalue weighted by Gasteiger charge is 2.14. The minimum absolute atomic E-state index is 0.164. The second kappa shape index (κ2) is 6.17. The number of nitrogens with one attached hydrogen (secondary N) is 1. The van der Waals surface area contributed by atoms with E-state index in [-0.39, 0.29) is 5.91 Å². The molecule has 0 aliphatic heterocycles. The van der Waals surface area contributed by atoms with E-state index in [0.717, 1.165) is 16.0 Å². The Labute approximate surface area is 114 Å². The van der Waals surface area contributed by atoms with E-state index < -0.39 is 6.04 Å². The summed E-state index contributed by atoms with van der Waals surface area (Å²) in [6.45, 7) is 0. The first-order chi connectivity index (χ1) is 8.70. The van der Waals surface area contributed by atoms with Crippen LogP contribution in [0.4, 0.5) is 5.13 Å². The first-order valence-electron chi connectivity index (χ1n) is 5.61. The van der Waals surface area contributed by atoms with E-state index >= 15 is 0 Å². The van der Waals surface area contributed by atoms with Gasteiger partial charge in [-0.15, -0.1) is 0 Å². The summed E-state index contributed by atoms with van der Waals surface area (Å²) >= 11 is 3.15. The highest BCUT2D eigenvalue weighted by atomic mass is 32.2. The van der Waals surface area contributed by atoms with Crippen LogP contribution in [0.5, 0.6) is 0 Å². The number of carbonyl (C=O) groups is 1. The van der Waals surface area contributed by atoms with E-state index in [1.54, 1.807) is 11.8 Å². The predicted molar refractivity (Wildman–Crippen MR) is 79.2 cm³/mol. The minimum atomic E-state index is -0.468. The number of amides is 1. The molecule has 2 aromatic rings. The molecule has 2 rings (SSSR count). The summed E-state index contributed by atoms with van der Waals surface area (Å²) in [4.78, 5) is 16.2. The van der Waals surface area contributed by atoms with Crippen molar-refractivity contribution < 1.29 is 4.79 Å². The molecule has 1 aromatic carbocycles. The Morgan fingerprint density at radius 3 is 3.06 bits per heavy atom. The molecule has 96 valence electrons. The maximum Gasteiger partial charge on any atom is 0.243 e. The van der Waals surface area contributed by atoms with Gasteiger partial charge in [-0.05, 0) is 30.6 Å². The number of thioether (sulfide) groups is 1. The molecule has 0 bridgehead atoms. The highest BCUT2D eigenvalue weighted by molar-refractivity contribution is 7.98. The maximum absolute atomic E-state index is 11.8. The molecular weight excluding hydrogens is 266 g/mol. The lowest BCUT2D eigenvalue weighted by Gasteiger charge is -2.09. The predicted octanol–water partition coefficient (Wildman–Crippen LogP) is 2.32. The van der Waals surface area contributed by atoms with Crippen LogP contribution in [-0.4, -0.2) is 28.9 Å². The number of nitrogens with zero attached hydrogens (tertiary/aromatic N) is 1. The van der Waals surface area contributed by atoms with Gasteiger partial charge in [0.1, 0.15) is 0 Å². The van der Waals surface area contributed by atoms with Crippen molar-refractivity contribution in [1.82, 2.24) is 4.98 Å². The fourth-order valence-corrected chi connectivity index (χ4v) is 2.86. The average molecular weight is 281 g/mol. The van der Waals surface area contributed by atoms with E-state index in [1.807, 2.05) is 30.5 Å². The van der Waals surface area contributed by atoms with Gasteiger partial charge in [-0.2, -0.15) is 11.8 Å². The molecule has 0 aliphatic rings. The van der Waals surface area contributed by atoms with E-state index in [4.69, 9.17) is 5.73 Å². The summed E-state index contributed by atoms with van der Waals surface area (Å²) in [5.74, 6) is 0.720. The first-order valence-corrected chi connectivity index (χ1v) is 7.82. The van der Waals surface area contributed by atoms with Gasteiger partial charge in [0.15, 0.2) is 5.13 Å². The van der Waals surface area contributed by atoms with Gasteiger partial charge in [0, 0.05) is 0 Å². The first kappa shape index (κ1) is 13.3. The summed E-state index contributed by atoms with van der Waals surface area (Å²) < 4.78 is 1.06. The fraction of sp³-hybridized carbons (Fsp3) is 0.333. The summed E-state index contributed by atoms with van der Waals surface area (Å²) in [7, 11) is 0. The molecule has 0 saturated carbocycles. The van der Waals surface area contributed by atoms with Gasteiger partial charge >= 0.3 is 0 Å². The van der Waals surface area contributed by atoms with Crippen molar-refractivity contribution in [2.45, 2.75) is 12.5 Å². The molecule has 0 aliphatic carbocycles. The highest BCUT2D eigenvalue weighted by Crippen LogP contribution is 2.25. The molecule has 6 heteroatoms. The van der Waals surface area contributed by atoms with Crippen LogP contribution in [0.15, 0.2) is 24.3 Å². The SMILES string of the molecule is CSCC[C@@H](N)C(=O)Nc1nc2ccccc2s1. The largest absolute Gasteiger partial charge is 0.320 e. The zero-order valence-corrected chi connectivity index (χ0v) is 11.7. The van der Waals surface area contributed by atoms with Crippen LogP contribution in [0.1, 0.15) is 6.42 Å². The zero-order chi connectivity index (χ0) is 13.0. The van der Waals surface area contributed by atoms with Crippen LogP contribution in [0.3, 0.4) is 0 Å². The smallest absolute Gasteiger partial charge is 0.243 e. The minimum Gasteiger partial charge on any atom is -0.320 e. The Balaban J connectivity index is 2.02. The van der Waals surface area contributed by atoms with Crippen LogP contribution in [0.2, 0.25) is 0 Å². The van der Waals surface area contributed by atoms with Crippen LogP contribution >= 0.6 is 23.1 Å². The molecule has 18 heavy (non-hydrogen) atoms. The Bertz CT molecular complexity index is 508. The van der Waals surface area contributed by atoms with E-state index in [2.05, 4.69) is 10.3 Å². The van der Waals surface area contributed by atoms with Crippen molar-refractivity contribution in [2.24, 2.45) is 5.73 Å². The van der Waals surface area contributed by atoms with E-state index in [1.165, 1.54) is 11.3 Å². The summed E-state index contributed by atoms with van der Waals surface area (Å²) in [6.07, 6.45) is 2.68. The molecular formula is C12H15N3OS2. The van der Waals surface area contributed by atoms with Gasteiger partial charge in [0.05, 0.1) is 16.3 Å². The normalized spacial score (nSPS) is 12.6. The molecule has 0 spiro atoms. The van der Waals surface area contributed by atoms with Crippen LogP contribution < -0.4 is 11.1 Å². The average Bonchev–Trinajstić information content (AvgIpc) is 2.77. The van der Waals surface area contributed by atoms with Crippen molar-refractivity contribution in [1.29, 1.82) is 0 Å². The Hall–Kier alpha value is -1.11. The molecule has 0 unspecified atom stereocenters. The number of hydrogen-bond acceptors (Lipinski definition) is 5. The molecule has 1 amide bonds. The summed E-state index contributed by atoms with van der Waals surface area (Å²) in [5, 5.41) is 3.39. The third kappa shape index (κ3) is 3.22. The molecule has 3 N–H and O–H groups in total. The zero-order valence-electron chi connectivity index (χ0n) is 10.1. The number of benzene rings is 1. The van der Waals surface area contributed by atoms with Gasteiger partial charge in [-0.1, -0.05) is 23.5 Å². The third-order valence-electron chi connectivity index (χ3n) is 2.49. The summed E-state index contributed by atoms with van der Waals surface area (Å²) in [5.41, 5.74) is 6.70. The Morgan fingerprint density at radius 2 is 2.33 bits per heavy atom. The monoisotopic (exact) mass is 281 g/mol. The number of anilines is 1. The molecule has 0 saturated heterocycles. The van der Waals surface area contributed by atoms with Crippen LogP contribution in [-0.2, 0) is 4.79 Å². The maximum atomic E-state index is 11.8. The standard InChI is InChI=1S/C12H15N3OS2/c1-17-7-6-8(13)11(16)15-12-14-9-4-2-3-5-10(9)18-12/h2-5,8H,6-7,13H2,1H3,(H,14,15,16)/t8-/m1/s1. The number of fused-ring (bicyclic) bond motifs is 1. The van der Waals surface area contributed by atoms with Gasteiger partial charge in [0.25, 0.3) is 0 Å². The van der Waals surface area contributed by atoms with E-state index in [9.17, 15) is 4.79 Å². The van der Waals surface area contributed by atoms with E-state index in [0.29, 0.717) is 11.6 Å². The van der Waals surface area contributed by atoms with Crippen LogP contribution in [0.25, 0.3) is 10.2 Å². The molecule has 0 radical (unpaired) electrons. The lowest BCUT2D eigenvalue weighted by molar-refractivity contribution is -0.117. The number of hydrogen-bond donors (Lipinski definition) is 2. The number of nitrogens with two attached hydrogens (primary N) is 1. The quantitative estimate of drug-likeness (QED) is 0.882. The van der Waals surface area contributed by atoms with Crippen molar-refractivity contribution in [3.8, 4) is 0 Å². The van der Waals surface area contributed by atoms with Gasteiger partial charge < -0.3 is 11.1 Å². The number of aromatic nitrogens is 1. The Kier molecular flexibility index (Phi) is 4.57. The molecule has 1 heterocycles. The van der Waals surface area contributed by atoms with Gasteiger partial charge in [0.2, 0.25) is 5.91 Å². The number of carbonyl (C=O) groups excluding carboxylic acids is 1. The Morgan fingerprint density at radius 1 is 1.56 bits per heavy atom. The van der Waals surface area contributed by atoms with Crippen molar-refractivity contribution in [3.05, 3.63) is 24.3 Å². The molecule has 4 nitrogen and oxygen atoms in total. The van der Waals surface area contributed by atoms with Crippen molar-refractivity contribution >= 4 is 44.4 Å². The second-order valence-electron chi connectivity index (χ2n) is 3.86. The van der Waals surface area contributed by atoms with Gasteiger partial charge in [-0.3, -0.25) is 4.79 Å². The number of rotatable bonds is 5. The lowest BCUT2D eigenvalue weighted by atomic mass is 10.2. The number of thiazole rings is 1. The molecule has 1 atom stereocenters. The topological polar surface area (TPSA) is 68.0 Å². The van der Waals surface area contributed by atoms with Crippen molar-refractivity contribution in [3.63, 3.8) is 0 Å².